The molecular formula is C5H12O2S. The zero-order valence-electron chi connectivity index (χ0n) is 5.00. The Bertz CT molecular complexity index is 45.7. The lowest BCUT2D eigenvalue weighted by Gasteiger charge is -2.06. The van der Waals surface area contributed by atoms with Crippen molar-refractivity contribution in [2.45, 2.75) is 12.2 Å². The van der Waals surface area contributed by atoms with Crippen LogP contribution in [0.2, 0.25) is 0 Å². The van der Waals surface area contributed by atoms with E-state index in [9.17, 15) is 0 Å². The van der Waals surface area contributed by atoms with Crippen LogP contribution in [0.25, 0.3) is 0 Å². The normalized spacial score (nSPS) is 10.5. The molecule has 0 bridgehead atoms. The molecule has 8 heavy (non-hydrogen) atoms. The highest BCUT2D eigenvalue weighted by atomic mass is 32.2. The number of hydrogen-bond donors (Lipinski definition) is 2. The maximum absolute atomic E-state index is 8.48. The summed E-state index contributed by atoms with van der Waals surface area (Å²) in [5.74, 6) is 0.950. The van der Waals surface area contributed by atoms with Gasteiger partial charge in [-0.2, -0.15) is 11.8 Å². The first-order chi connectivity index (χ1) is 3.85. The van der Waals surface area contributed by atoms with Gasteiger partial charge in [-0.15, -0.1) is 0 Å². The van der Waals surface area contributed by atoms with E-state index < -0.39 is 0 Å². The van der Waals surface area contributed by atoms with Gasteiger partial charge in [0.15, 0.2) is 0 Å². The van der Waals surface area contributed by atoms with E-state index in [2.05, 4.69) is 0 Å². The van der Waals surface area contributed by atoms with Crippen molar-refractivity contribution in [2.24, 2.45) is 0 Å². The minimum absolute atomic E-state index is 0.0278. The molecule has 0 aromatic carbocycles. The Kier molecular flexibility index (Phi) is 5.59. The molecule has 0 fully saturated rings. The van der Waals surface area contributed by atoms with E-state index in [1.54, 1.807) is 11.8 Å². The molecule has 0 atom stereocenters. The van der Waals surface area contributed by atoms with Crippen LogP contribution in [-0.2, 0) is 0 Å². The number of aliphatic hydroxyl groups excluding tert-OH is 2. The lowest BCUT2D eigenvalue weighted by molar-refractivity contribution is 0.228. The standard InChI is InChI=1S/C5H12O2S/c1-2-8-5(3-6)4-7/h5-7H,2-4H2,1H3. The van der Waals surface area contributed by atoms with Crippen molar-refractivity contribution in [1.82, 2.24) is 0 Å². The van der Waals surface area contributed by atoms with Crippen molar-refractivity contribution in [2.75, 3.05) is 19.0 Å². The summed E-state index contributed by atoms with van der Waals surface area (Å²) >= 11 is 1.58. The van der Waals surface area contributed by atoms with Crippen LogP contribution < -0.4 is 0 Å². The molecule has 0 amide bonds. The molecule has 0 saturated heterocycles. The maximum atomic E-state index is 8.48. The lowest BCUT2D eigenvalue weighted by Crippen LogP contribution is -2.13. The fourth-order valence-electron chi connectivity index (χ4n) is 0.399. The fraction of sp³-hybridized carbons (Fsp3) is 1.00. The molecule has 0 aromatic heterocycles. The van der Waals surface area contributed by atoms with Gasteiger partial charge < -0.3 is 10.2 Å². The Morgan fingerprint density at radius 2 is 1.88 bits per heavy atom. The molecule has 0 heterocycles. The summed E-state index contributed by atoms with van der Waals surface area (Å²) in [7, 11) is 0. The van der Waals surface area contributed by atoms with Gasteiger partial charge in [-0.25, -0.2) is 0 Å². The van der Waals surface area contributed by atoms with Crippen molar-refractivity contribution in [1.29, 1.82) is 0 Å². The van der Waals surface area contributed by atoms with E-state index in [0.717, 1.165) is 5.75 Å². The van der Waals surface area contributed by atoms with Gasteiger partial charge in [-0.3, -0.25) is 0 Å². The van der Waals surface area contributed by atoms with E-state index in [1.807, 2.05) is 6.92 Å². The zero-order valence-corrected chi connectivity index (χ0v) is 5.82. The smallest absolute Gasteiger partial charge is 0.0572 e. The molecule has 3 heteroatoms. The molecule has 0 radical (unpaired) electrons. The molecular weight excluding hydrogens is 124 g/mol. The topological polar surface area (TPSA) is 40.5 Å². The quantitative estimate of drug-likeness (QED) is 0.575. The van der Waals surface area contributed by atoms with Crippen LogP contribution in [-0.4, -0.2) is 34.4 Å². The summed E-state index contributed by atoms with van der Waals surface area (Å²) in [6, 6.07) is 0. The molecule has 0 aliphatic carbocycles. The number of hydrogen-bond acceptors (Lipinski definition) is 3. The van der Waals surface area contributed by atoms with Gasteiger partial charge in [0, 0.05) is 0 Å². The second kappa shape index (κ2) is 5.41. The average Bonchev–Trinajstić information content (AvgIpc) is 1.83. The van der Waals surface area contributed by atoms with Crippen molar-refractivity contribution in [3.8, 4) is 0 Å². The molecule has 2 nitrogen and oxygen atoms in total. The van der Waals surface area contributed by atoms with Crippen LogP contribution in [0.5, 0.6) is 0 Å². The summed E-state index contributed by atoms with van der Waals surface area (Å²) in [5.41, 5.74) is 0. The van der Waals surface area contributed by atoms with Gasteiger partial charge in [0.1, 0.15) is 0 Å². The van der Waals surface area contributed by atoms with Crippen LogP contribution in [0.15, 0.2) is 0 Å². The van der Waals surface area contributed by atoms with Gasteiger partial charge in [-0.05, 0) is 5.75 Å². The molecule has 0 aliphatic heterocycles. The third-order valence-corrected chi connectivity index (χ3v) is 1.91. The second-order valence-corrected chi connectivity index (χ2v) is 3.02. The van der Waals surface area contributed by atoms with E-state index >= 15 is 0 Å². The Labute approximate surface area is 53.9 Å². The second-order valence-electron chi connectivity index (χ2n) is 1.44. The minimum Gasteiger partial charge on any atom is -0.395 e. The van der Waals surface area contributed by atoms with Crippen molar-refractivity contribution >= 4 is 11.8 Å². The third-order valence-electron chi connectivity index (χ3n) is 0.810. The first kappa shape index (κ1) is 8.27. The van der Waals surface area contributed by atoms with Crippen LogP contribution in [0, 0.1) is 0 Å². The highest BCUT2D eigenvalue weighted by molar-refractivity contribution is 7.99. The van der Waals surface area contributed by atoms with E-state index in [4.69, 9.17) is 10.2 Å². The SMILES string of the molecule is CCSC(CO)CO. The van der Waals surface area contributed by atoms with Crippen molar-refractivity contribution in [3.05, 3.63) is 0 Å². The van der Waals surface area contributed by atoms with Crippen LogP contribution >= 0.6 is 11.8 Å². The average molecular weight is 136 g/mol. The Hall–Kier alpha value is 0.270. The summed E-state index contributed by atoms with van der Waals surface area (Å²) in [5, 5.41) is 17.0. The molecule has 0 saturated carbocycles. The lowest BCUT2D eigenvalue weighted by atomic mass is 10.5. The Morgan fingerprint density at radius 1 is 1.38 bits per heavy atom. The zero-order chi connectivity index (χ0) is 6.41. The molecule has 2 N–H and O–H groups in total. The maximum Gasteiger partial charge on any atom is 0.0572 e. The van der Waals surface area contributed by atoms with Crippen LogP contribution in [0.1, 0.15) is 6.92 Å². The van der Waals surface area contributed by atoms with Crippen LogP contribution in [0.3, 0.4) is 0 Å². The Morgan fingerprint density at radius 3 is 2.00 bits per heavy atom. The van der Waals surface area contributed by atoms with Gasteiger partial charge in [-0.1, -0.05) is 6.92 Å². The first-order valence-corrected chi connectivity index (χ1v) is 3.73. The van der Waals surface area contributed by atoms with E-state index in [1.165, 1.54) is 0 Å². The van der Waals surface area contributed by atoms with Gasteiger partial charge in [0.2, 0.25) is 0 Å². The summed E-state index contributed by atoms with van der Waals surface area (Å²) in [4.78, 5) is 0. The summed E-state index contributed by atoms with van der Waals surface area (Å²) in [6.45, 7) is 2.16. The minimum atomic E-state index is 0.0278. The third kappa shape index (κ3) is 3.29. The van der Waals surface area contributed by atoms with E-state index in [0.29, 0.717) is 0 Å². The molecule has 0 rings (SSSR count). The van der Waals surface area contributed by atoms with Crippen LogP contribution in [0.4, 0.5) is 0 Å². The predicted molar refractivity (Wildman–Crippen MR) is 36.1 cm³/mol. The largest absolute Gasteiger partial charge is 0.395 e. The predicted octanol–water partition coefficient (Wildman–Crippen LogP) is 0.0927. The van der Waals surface area contributed by atoms with Crippen molar-refractivity contribution in [3.63, 3.8) is 0 Å². The number of thioether (sulfide) groups is 1. The number of aliphatic hydroxyl groups is 2. The Balaban J connectivity index is 3.07. The summed E-state index contributed by atoms with van der Waals surface area (Å²) < 4.78 is 0. The van der Waals surface area contributed by atoms with Gasteiger partial charge in [0.25, 0.3) is 0 Å². The fourth-order valence-corrected chi connectivity index (χ4v) is 1.08. The summed E-state index contributed by atoms with van der Waals surface area (Å²) in [6.07, 6.45) is 0. The molecule has 0 unspecified atom stereocenters. The monoisotopic (exact) mass is 136 g/mol. The van der Waals surface area contributed by atoms with Gasteiger partial charge in [0.05, 0.1) is 18.5 Å². The number of rotatable bonds is 4. The molecule has 0 spiro atoms. The molecule has 50 valence electrons. The highest BCUT2D eigenvalue weighted by Crippen LogP contribution is 2.07. The van der Waals surface area contributed by atoms with Gasteiger partial charge >= 0.3 is 0 Å². The molecule has 0 aliphatic rings. The first-order valence-electron chi connectivity index (χ1n) is 2.68. The highest BCUT2D eigenvalue weighted by Gasteiger charge is 2.01. The van der Waals surface area contributed by atoms with E-state index in [-0.39, 0.29) is 18.5 Å². The molecule has 0 aromatic rings. The van der Waals surface area contributed by atoms with Crippen molar-refractivity contribution < 1.29 is 10.2 Å².